The van der Waals surface area contributed by atoms with Gasteiger partial charge in [-0.15, -0.1) is 0 Å². The molecule has 2 heterocycles. The SMILES string of the molecule is COCN1C(=O)C2C3OC3C21. The summed E-state index contributed by atoms with van der Waals surface area (Å²) in [4.78, 5) is 13.0. The topological polar surface area (TPSA) is 42.1 Å². The number of epoxide rings is 1. The van der Waals surface area contributed by atoms with E-state index in [0.717, 1.165) is 0 Å². The number of hydrogen-bond acceptors (Lipinski definition) is 3. The van der Waals surface area contributed by atoms with Crippen LogP contribution in [0.5, 0.6) is 0 Å². The average molecular weight is 155 g/mol. The number of ether oxygens (including phenoxy) is 2. The molecule has 0 radical (unpaired) electrons. The maximum Gasteiger partial charge on any atom is 0.232 e. The molecule has 11 heavy (non-hydrogen) atoms. The van der Waals surface area contributed by atoms with Crippen LogP contribution in [0.15, 0.2) is 0 Å². The summed E-state index contributed by atoms with van der Waals surface area (Å²) in [5, 5.41) is 0. The summed E-state index contributed by atoms with van der Waals surface area (Å²) < 4.78 is 10.1. The Hall–Kier alpha value is -0.610. The number of carbonyl (C=O) groups is 1. The molecule has 0 aromatic carbocycles. The second-order valence-corrected chi connectivity index (χ2v) is 3.31. The largest absolute Gasteiger partial charge is 0.366 e. The van der Waals surface area contributed by atoms with Crippen LogP contribution in [0, 0.1) is 5.92 Å². The Morgan fingerprint density at radius 1 is 1.64 bits per heavy atom. The number of piperidine rings is 1. The number of β-lactam (4-membered cyclic amide) rings is 1. The lowest BCUT2D eigenvalue weighted by molar-refractivity contribution is -0.172. The number of nitrogens with zero attached hydrogens (tertiary/aromatic N) is 1. The molecule has 0 spiro atoms. The van der Waals surface area contributed by atoms with Gasteiger partial charge < -0.3 is 14.4 Å². The first-order valence-corrected chi connectivity index (χ1v) is 3.79. The quantitative estimate of drug-likeness (QED) is 0.387. The van der Waals surface area contributed by atoms with E-state index < -0.39 is 0 Å². The van der Waals surface area contributed by atoms with Crippen molar-refractivity contribution in [2.75, 3.05) is 13.8 Å². The molecule has 0 aromatic heterocycles. The lowest BCUT2D eigenvalue weighted by Gasteiger charge is -2.50. The monoisotopic (exact) mass is 155 g/mol. The molecule has 1 saturated carbocycles. The number of carbonyl (C=O) groups excluding carboxylic acids is 1. The smallest absolute Gasteiger partial charge is 0.232 e. The van der Waals surface area contributed by atoms with E-state index in [4.69, 9.17) is 9.47 Å². The Morgan fingerprint density at radius 2 is 2.45 bits per heavy atom. The molecule has 60 valence electrons. The molecule has 1 aliphatic carbocycles. The van der Waals surface area contributed by atoms with E-state index in [1.165, 1.54) is 0 Å². The van der Waals surface area contributed by atoms with E-state index >= 15 is 0 Å². The standard InChI is InChI=1S/C7H9NO3/c1-10-2-8-4-3(7(8)9)5-6(4)11-5/h3-6H,2H2,1H3. The van der Waals surface area contributed by atoms with Crippen molar-refractivity contribution >= 4 is 5.91 Å². The summed E-state index contributed by atoms with van der Waals surface area (Å²) >= 11 is 0. The molecule has 4 heteroatoms. The van der Waals surface area contributed by atoms with Gasteiger partial charge in [0.1, 0.15) is 18.9 Å². The van der Waals surface area contributed by atoms with Crippen LogP contribution < -0.4 is 0 Å². The van der Waals surface area contributed by atoms with Crippen molar-refractivity contribution in [3.8, 4) is 0 Å². The Kier molecular flexibility index (Phi) is 0.863. The summed E-state index contributed by atoms with van der Waals surface area (Å²) in [5.74, 6) is 0.394. The van der Waals surface area contributed by atoms with Gasteiger partial charge in [-0.05, 0) is 0 Å². The normalized spacial score (nSPS) is 50.6. The number of rotatable bonds is 2. The Labute approximate surface area is 64.1 Å². The van der Waals surface area contributed by atoms with Gasteiger partial charge in [-0.2, -0.15) is 0 Å². The lowest BCUT2D eigenvalue weighted by Crippen LogP contribution is -2.71. The van der Waals surface area contributed by atoms with Crippen molar-refractivity contribution in [2.24, 2.45) is 5.92 Å². The molecule has 3 rings (SSSR count). The number of methoxy groups -OCH3 is 1. The van der Waals surface area contributed by atoms with Gasteiger partial charge in [0.2, 0.25) is 5.91 Å². The molecule has 4 nitrogen and oxygen atoms in total. The van der Waals surface area contributed by atoms with Crippen molar-refractivity contribution in [2.45, 2.75) is 18.2 Å². The molecular formula is C7H9NO3. The Bertz CT molecular complexity index is 230. The second kappa shape index (κ2) is 1.59. The van der Waals surface area contributed by atoms with E-state index in [2.05, 4.69) is 0 Å². The zero-order valence-corrected chi connectivity index (χ0v) is 6.19. The Morgan fingerprint density at radius 3 is 3.18 bits per heavy atom. The van der Waals surface area contributed by atoms with Crippen LogP contribution >= 0.6 is 0 Å². The Balaban J connectivity index is 1.74. The zero-order chi connectivity index (χ0) is 7.59. The van der Waals surface area contributed by atoms with Crippen molar-refractivity contribution in [3.63, 3.8) is 0 Å². The maximum atomic E-state index is 11.2. The van der Waals surface area contributed by atoms with Gasteiger partial charge in [0, 0.05) is 7.11 Å². The van der Waals surface area contributed by atoms with Crippen molar-refractivity contribution < 1.29 is 14.3 Å². The minimum absolute atomic E-state index is 0.190. The summed E-state index contributed by atoms with van der Waals surface area (Å²) in [7, 11) is 1.60. The fraction of sp³-hybridized carbons (Fsp3) is 0.857. The summed E-state index contributed by atoms with van der Waals surface area (Å²) in [6.45, 7) is 0.423. The minimum atomic E-state index is 0.190. The molecule has 0 N–H and O–H groups in total. The molecule has 2 aliphatic heterocycles. The second-order valence-electron chi connectivity index (χ2n) is 3.31. The van der Waals surface area contributed by atoms with E-state index in [1.54, 1.807) is 12.0 Å². The third-order valence-electron chi connectivity index (χ3n) is 2.82. The van der Waals surface area contributed by atoms with Gasteiger partial charge in [0.25, 0.3) is 0 Å². The van der Waals surface area contributed by atoms with Crippen LogP contribution in [0.25, 0.3) is 0 Å². The van der Waals surface area contributed by atoms with Crippen LogP contribution in [0.4, 0.5) is 0 Å². The molecular weight excluding hydrogens is 146 g/mol. The fourth-order valence-corrected chi connectivity index (χ4v) is 2.16. The van der Waals surface area contributed by atoms with Gasteiger partial charge >= 0.3 is 0 Å². The third-order valence-corrected chi connectivity index (χ3v) is 2.82. The molecule has 2 saturated heterocycles. The van der Waals surface area contributed by atoms with Crippen LogP contribution in [0.2, 0.25) is 0 Å². The van der Waals surface area contributed by atoms with Crippen molar-refractivity contribution in [1.82, 2.24) is 4.90 Å². The molecule has 0 bridgehead atoms. The predicted octanol–water partition coefficient (Wildman–Crippen LogP) is -0.802. The van der Waals surface area contributed by atoms with Crippen LogP contribution in [0.1, 0.15) is 0 Å². The molecule has 1 amide bonds. The first kappa shape index (κ1) is 5.97. The highest BCUT2D eigenvalue weighted by Gasteiger charge is 2.76. The average Bonchev–Trinajstić information content (AvgIpc) is 2.62. The summed E-state index contributed by atoms with van der Waals surface area (Å²) in [5.41, 5.74) is 0. The molecule has 4 atom stereocenters. The highest BCUT2D eigenvalue weighted by Crippen LogP contribution is 2.56. The maximum absolute atomic E-state index is 11.2. The molecule has 4 unspecified atom stereocenters. The fourth-order valence-electron chi connectivity index (χ4n) is 2.16. The van der Waals surface area contributed by atoms with Crippen LogP contribution in [-0.2, 0) is 14.3 Å². The number of likely N-dealkylation sites (tertiary alicyclic amines) is 1. The van der Waals surface area contributed by atoms with Crippen molar-refractivity contribution in [1.29, 1.82) is 0 Å². The van der Waals surface area contributed by atoms with Gasteiger partial charge in [0.05, 0.1) is 12.0 Å². The number of fused-ring (bicyclic) bond motifs is 4. The molecule has 0 aromatic rings. The van der Waals surface area contributed by atoms with Crippen LogP contribution in [-0.4, -0.2) is 42.9 Å². The van der Waals surface area contributed by atoms with E-state index in [9.17, 15) is 4.79 Å². The summed E-state index contributed by atoms with van der Waals surface area (Å²) in [6.07, 6.45) is 0.633. The first-order valence-electron chi connectivity index (χ1n) is 3.79. The zero-order valence-electron chi connectivity index (χ0n) is 6.19. The van der Waals surface area contributed by atoms with Gasteiger partial charge in [-0.1, -0.05) is 0 Å². The number of amides is 1. The molecule has 3 fully saturated rings. The summed E-state index contributed by atoms with van der Waals surface area (Å²) in [6, 6.07) is 0.354. The lowest BCUT2D eigenvalue weighted by atomic mass is 9.71. The van der Waals surface area contributed by atoms with Gasteiger partial charge in [-0.25, -0.2) is 0 Å². The first-order chi connectivity index (χ1) is 5.34. The predicted molar refractivity (Wildman–Crippen MR) is 34.7 cm³/mol. The van der Waals surface area contributed by atoms with Gasteiger partial charge in [0.15, 0.2) is 0 Å². The number of hydrogen-bond donors (Lipinski definition) is 0. The van der Waals surface area contributed by atoms with Gasteiger partial charge in [-0.3, -0.25) is 4.79 Å². The highest BCUT2D eigenvalue weighted by atomic mass is 16.6. The molecule has 3 aliphatic rings. The van der Waals surface area contributed by atoms with E-state index in [-0.39, 0.29) is 17.9 Å². The highest BCUT2D eigenvalue weighted by molar-refractivity contribution is 5.90. The van der Waals surface area contributed by atoms with Crippen LogP contribution in [0.3, 0.4) is 0 Å². The van der Waals surface area contributed by atoms with E-state index in [0.29, 0.717) is 18.9 Å². The van der Waals surface area contributed by atoms with Crippen molar-refractivity contribution in [3.05, 3.63) is 0 Å². The third kappa shape index (κ3) is 0.489. The minimum Gasteiger partial charge on any atom is -0.366 e. The van der Waals surface area contributed by atoms with E-state index in [1.807, 2.05) is 0 Å².